The van der Waals surface area contributed by atoms with Crippen molar-refractivity contribution < 1.29 is 17.9 Å². The molecule has 0 atom stereocenters. The highest BCUT2D eigenvalue weighted by Crippen LogP contribution is 2.24. The van der Waals surface area contributed by atoms with E-state index in [9.17, 15) is 13.2 Å². The van der Waals surface area contributed by atoms with E-state index >= 15 is 0 Å². The number of nitrogens with one attached hydrogen (secondary N) is 1. The molecule has 4 rings (SSSR count). The van der Waals surface area contributed by atoms with Crippen molar-refractivity contribution in [2.75, 3.05) is 14.2 Å². The molecule has 0 aliphatic carbocycles. The first-order valence-electron chi connectivity index (χ1n) is 10.7. The third-order valence-corrected chi connectivity index (χ3v) is 7.46. The minimum absolute atomic E-state index is 0.0838. The van der Waals surface area contributed by atoms with Gasteiger partial charge in [-0.05, 0) is 60.3 Å². The van der Waals surface area contributed by atoms with Crippen molar-refractivity contribution in [2.45, 2.75) is 24.9 Å². The van der Waals surface area contributed by atoms with E-state index in [1.165, 1.54) is 23.5 Å². The Kier molecular flexibility index (Phi) is 6.72. The highest BCUT2D eigenvalue weighted by atomic mass is 32.2. The number of hydrogen-bond donors (Lipinski definition) is 1. The molecule has 3 aromatic carbocycles. The summed E-state index contributed by atoms with van der Waals surface area (Å²) in [6, 6.07) is 21.0. The van der Waals surface area contributed by atoms with Gasteiger partial charge in [-0.1, -0.05) is 29.8 Å². The zero-order chi connectivity index (χ0) is 24.3. The number of rotatable bonds is 8. The number of H-pyrrole nitrogens is 1. The van der Waals surface area contributed by atoms with Crippen LogP contribution in [0.4, 0.5) is 0 Å². The number of pyridine rings is 1. The average Bonchev–Trinajstić information content (AvgIpc) is 2.85. The van der Waals surface area contributed by atoms with Gasteiger partial charge in [0.1, 0.15) is 11.5 Å². The smallest absolute Gasteiger partial charge is 0.252 e. The summed E-state index contributed by atoms with van der Waals surface area (Å²) in [5.41, 5.74) is 2.53. The number of sulfonamides is 1. The molecule has 0 spiro atoms. The number of methoxy groups -OCH3 is 2. The van der Waals surface area contributed by atoms with Gasteiger partial charge < -0.3 is 14.5 Å². The van der Waals surface area contributed by atoms with Gasteiger partial charge in [-0.3, -0.25) is 4.79 Å². The quantitative estimate of drug-likeness (QED) is 0.409. The fourth-order valence-electron chi connectivity index (χ4n) is 3.68. The maximum atomic E-state index is 13.6. The summed E-state index contributed by atoms with van der Waals surface area (Å²) in [7, 11) is -0.829. The van der Waals surface area contributed by atoms with Gasteiger partial charge in [0.05, 0.1) is 24.6 Å². The van der Waals surface area contributed by atoms with Crippen molar-refractivity contribution in [2.24, 2.45) is 0 Å². The molecule has 0 aliphatic heterocycles. The standard InChI is InChI=1S/C26H26N2O5S/c1-18-4-6-19(7-5-18)16-28(34(30,31)24-12-10-22(32-2)11-13-24)17-21-14-20-8-9-23(33-3)15-25(20)27-26(21)29/h4-15H,16-17H2,1-3H3,(H,27,29). The van der Waals surface area contributed by atoms with Gasteiger partial charge in [0.2, 0.25) is 10.0 Å². The highest BCUT2D eigenvalue weighted by Gasteiger charge is 2.26. The van der Waals surface area contributed by atoms with Crippen LogP contribution in [0.1, 0.15) is 16.7 Å². The van der Waals surface area contributed by atoms with E-state index in [4.69, 9.17) is 9.47 Å². The summed E-state index contributed by atoms with van der Waals surface area (Å²) < 4.78 is 38.9. The molecular formula is C26H26N2O5S. The summed E-state index contributed by atoms with van der Waals surface area (Å²) in [4.78, 5) is 15.8. The number of aryl methyl sites for hydroxylation is 1. The fraction of sp³-hybridized carbons (Fsp3) is 0.192. The third kappa shape index (κ3) is 4.98. The first-order chi connectivity index (χ1) is 16.3. The van der Waals surface area contributed by atoms with Crippen molar-refractivity contribution in [3.8, 4) is 11.5 Å². The van der Waals surface area contributed by atoms with Crippen molar-refractivity contribution >= 4 is 20.9 Å². The van der Waals surface area contributed by atoms with E-state index in [1.54, 1.807) is 37.4 Å². The second-order valence-electron chi connectivity index (χ2n) is 8.01. The zero-order valence-electron chi connectivity index (χ0n) is 19.2. The SMILES string of the molecule is COc1ccc(S(=O)(=O)N(Cc2ccc(C)cc2)Cc2cc3ccc(OC)cc3[nH]c2=O)cc1. The molecule has 1 N–H and O–H groups in total. The molecule has 0 unspecified atom stereocenters. The Morgan fingerprint density at radius 1 is 0.824 bits per heavy atom. The van der Waals surface area contributed by atoms with Crippen molar-refractivity contribution in [3.05, 3.63) is 99.8 Å². The summed E-state index contributed by atoms with van der Waals surface area (Å²) >= 11 is 0. The third-order valence-electron chi connectivity index (χ3n) is 5.65. The lowest BCUT2D eigenvalue weighted by atomic mass is 10.1. The lowest BCUT2D eigenvalue weighted by Gasteiger charge is -2.23. The molecule has 0 amide bonds. The van der Waals surface area contributed by atoms with Gasteiger partial charge in [0.15, 0.2) is 0 Å². The maximum absolute atomic E-state index is 13.6. The summed E-state index contributed by atoms with van der Waals surface area (Å²) in [5, 5.41) is 0.785. The lowest BCUT2D eigenvalue weighted by Crippen LogP contribution is -2.32. The largest absolute Gasteiger partial charge is 0.497 e. The molecule has 0 saturated carbocycles. The van der Waals surface area contributed by atoms with Gasteiger partial charge in [0.25, 0.3) is 5.56 Å². The van der Waals surface area contributed by atoms with Gasteiger partial charge in [-0.25, -0.2) is 8.42 Å². The Morgan fingerprint density at radius 3 is 2.12 bits per heavy atom. The van der Waals surface area contributed by atoms with Crippen LogP contribution in [0.2, 0.25) is 0 Å². The monoisotopic (exact) mass is 478 g/mol. The Bertz CT molecular complexity index is 1460. The molecule has 4 aromatic rings. The van der Waals surface area contributed by atoms with Crippen LogP contribution in [0, 0.1) is 6.92 Å². The predicted molar refractivity (Wildman–Crippen MR) is 132 cm³/mol. The van der Waals surface area contributed by atoms with Gasteiger partial charge >= 0.3 is 0 Å². The fourth-order valence-corrected chi connectivity index (χ4v) is 5.09. The normalized spacial score (nSPS) is 11.6. The van der Waals surface area contributed by atoms with Gasteiger partial charge in [-0.15, -0.1) is 0 Å². The molecule has 176 valence electrons. The first-order valence-corrected chi connectivity index (χ1v) is 12.1. The van der Waals surface area contributed by atoms with Crippen LogP contribution in [0.3, 0.4) is 0 Å². The van der Waals surface area contributed by atoms with Crippen molar-refractivity contribution in [3.63, 3.8) is 0 Å². The molecule has 0 aliphatic rings. The number of nitrogens with zero attached hydrogens (tertiary/aromatic N) is 1. The molecule has 0 saturated heterocycles. The number of fused-ring (bicyclic) bond motifs is 1. The molecule has 1 aromatic heterocycles. The summed E-state index contributed by atoms with van der Waals surface area (Å²) in [5.74, 6) is 1.18. The Labute approximate surface area is 198 Å². The second kappa shape index (κ2) is 9.70. The van der Waals surface area contributed by atoms with E-state index in [0.717, 1.165) is 16.5 Å². The molecule has 34 heavy (non-hydrogen) atoms. The molecule has 0 fully saturated rings. The van der Waals surface area contributed by atoms with Crippen LogP contribution in [0.15, 0.2) is 82.5 Å². The van der Waals surface area contributed by atoms with Crippen molar-refractivity contribution in [1.29, 1.82) is 0 Å². The van der Waals surface area contributed by atoms with Crippen LogP contribution in [0.25, 0.3) is 10.9 Å². The van der Waals surface area contributed by atoms with Crippen LogP contribution >= 0.6 is 0 Å². The Hall–Kier alpha value is -3.62. The molecular weight excluding hydrogens is 452 g/mol. The number of ether oxygens (including phenoxy) is 2. The molecule has 1 heterocycles. The summed E-state index contributed by atoms with van der Waals surface area (Å²) in [6.07, 6.45) is 0. The van der Waals surface area contributed by atoms with E-state index in [2.05, 4.69) is 4.98 Å². The van der Waals surface area contributed by atoms with Crippen LogP contribution in [-0.4, -0.2) is 31.9 Å². The first kappa shape index (κ1) is 23.5. The van der Waals surface area contributed by atoms with E-state index in [-0.39, 0.29) is 23.5 Å². The Balaban J connectivity index is 1.75. The van der Waals surface area contributed by atoms with Crippen LogP contribution in [0.5, 0.6) is 11.5 Å². The Morgan fingerprint density at radius 2 is 1.47 bits per heavy atom. The molecule has 0 bridgehead atoms. The number of benzene rings is 3. The maximum Gasteiger partial charge on any atom is 0.252 e. The minimum Gasteiger partial charge on any atom is -0.497 e. The second-order valence-corrected chi connectivity index (χ2v) is 9.95. The number of aromatic nitrogens is 1. The number of aromatic amines is 1. The van der Waals surface area contributed by atoms with Crippen LogP contribution in [-0.2, 0) is 23.1 Å². The minimum atomic E-state index is -3.91. The van der Waals surface area contributed by atoms with Gasteiger partial charge in [-0.2, -0.15) is 4.31 Å². The molecule has 7 nitrogen and oxygen atoms in total. The van der Waals surface area contributed by atoms with Crippen molar-refractivity contribution in [1.82, 2.24) is 9.29 Å². The summed E-state index contributed by atoms with van der Waals surface area (Å²) in [6.45, 7) is 2.01. The van der Waals surface area contributed by atoms with E-state index < -0.39 is 10.0 Å². The predicted octanol–water partition coefficient (Wildman–Crippen LogP) is 4.24. The highest BCUT2D eigenvalue weighted by molar-refractivity contribution is 7.89. The number of hydrogen-bond acceptors (Lipinski definition) is 5. The molecule has 8 heteroatoms. The van der Waals surface area contributed by atoms with Crippen LogP contribution < -0.4 is 15.0 Å². The average molecular weight is 479 g/mol. The van der Waals surface area contributed by atoms with E-state index in [0.29, 0.717) is 22.6 Å². The topological polar surface area (TPSA) is 88.7 Å². The van der Waals surface area contributed by atoms with Gasteiger partial charge in [0, 0.05) is 24.7 Å². The molecule has 0 radical (unpaired) electrons. The van der Waals surface area contributed by atoms with E-state index in [1.807, 2.05) is 37.3 Å². The lowest BCUT2D eigenvalue weighted by molar-refractivity contribution is 0.399. The zero-order valence-corrected chi connectivity index (χ0v) is 20.1.